The number of fused-ring (bicyclic) bond motifs is 1. The molecule has 116 valence electrons. The van der Waals surface area contributed by atoms with E-state index in [1.807, 2.05) is 0 Å². The molecule has 0 aliphatic carbocycles. The number of hydrogen-bond donors (Lipinski definition) is 1. The lowest BCUT2D eigenvalue weighted by atomic mass is 10.3. The number of hydrogen-bond acceptors (Lipinski definition) is 6. The summed E-state index contributed by atoms with van der Waals surface area (Å²) in [5.74, 6) is 1.09. The molecule has 3 rings (SSSR count). The first-order chi connectivity index (χ1) is 10.3. The number of nitrogens with zero attached hydrogens (tertiary/aromatic N) is 3. The normalized spacial score (nSPS) is 19.5. The molecular weight excluding hydrogens is 288 g/mol. The lowest BCUT2D eigenvalue weighted by molar-refractivity contribution is 0.0529. The summed E-state index contributed by atoms with van der Waals surface area (Å²) >= 11 is 1.67. The number of nitrogens with one attached hydrogen (secondary N) is 1. The van der Waals surface area contributed by atoms with E-state index in [1.54, 1.807) is 18.4 Å². The van der Waals surface area contributed by atoms with Crippen LogP contribution in [0.4, 0.5) is 5.82 Å². The van der Waals surface area contributed by atoms with Crippen molar-refractivity contribution in [1.29, 1.82) is 0 Å². The molecule has 1 unspecified atom stereocenters. The van der Waals surface area contributed by atoms with Gasteiger partial charge in [-0.3, -0.25) is 4.40 Å². The molecule has 1 aliphatic heterocycles. The second kappa shape index (κ2) is 6.74. The lowest BCUT2D eigenvalue weighted by Gasteiger charge is -2.32. The average molecular weight is 310 g/mol. The standard InChI is InChI=1S/C14H22N4O2S/c1-11-10-17(4-7-20-11)13-12(9-15-3-6-19-2)18-5-8-21-14(18)16-13/h5,8,11,15H,3-4,6-7,9-10H2,1-2H3. The summed E-state index contributed by atoms with van der Waals surface area (Å²) in [5, 5.41) is 5.50. The van der Waals surface area contributed by atoms with E-state index >= 15 is 0 Å². The van der Waals surface area contributed by atoms with Gasteiger partial charge in [0.2, 0.25) is 0 Å². The SMILES string of the molecule is COCCNCc1c(N2CCOC(C)C2)nc2sccn12. The van der Waals surface area contributed by atoms with Crippen molar-refractivity contribution >= 4 is 22.1 Å². The van der Waals surface area contributed by atoms with E-state index in [1.165, 1.54) is 5.69 Å². The Bertz CT molecular complexity index is 583. The van der Waals surface area contributed by atoms with Crippen LogP contribution in [0, 0.1) is 0 Å². The molecule has 3 heterocycles. The van der Waals surface area contributed by atoms with Crippen molar-refractivity contribution in [2.75, 3.05) is 44.9 Å². The Hall–Kier alpha value is -1.15. The van der Waals surface area contributed by atoms with Crippen molar-refractivity contribution in [3.63, 3.8) is 0 Å². The summed E-state index contributed by atoms with van der Waals surface area (Å²) in [7, 11) is 1.72. The van der Waals surface area contributed by atoms with E-state index in [2.05, 4.69) is 33.1 Å². The molecule has 0 amide bonds. The fourth-order valence-corrected chi connectivity index (χ4v) is 3.36. The van der Waals surface area contributed by atoms with E-state index in [9.17, 15) is 0 Å². The minimum absolute atomic E-state index is 0.257. The molecule has 0 aromatic carbocycles. The number of thiazole rings is 1. The molecule has 6 nitrogen and oxygen atoms in total. The minimum atomic E-state index is 0.257. The molecule has 1 atom stereocenters. The van der Waals surface area contributed by atoms with Gasteiger partial charge < -0.3 is 19.7 Å². The summed E-state index contributed by atoms with van der Waals surface area (Å²) < 4.78 is 12.9. The van der Waals surface area contributed by atoms with Crippen LogP contribution in [0.15, 0.2) is 11.6 Å². The van der Waals surface area contributed by atoms with Crippen LogP contribution in [-0.4, -0.2) is 55.4 Å². The van der Waals surface area contributed by atoms with Crippen molar-refractivity contribution in [2.45, 2.75) is 19.6 Å². The minimum Gasteiger partial charge on any atom is -0.383 e. The van der Waals surface area contributed by atoms with E-state index < -0.39 is 0 Å². The van der Waals surface area contributed by atoms with Gasteiger partial charge in [0, 0.05) is 44.9 Å². The fourth-order valence-electron chi connectivity index (χ4n) is 2.63. The van der Waals surface area contributed by atoms with Crippen LogP contribution >= 0.6 is 11.3 Å². The number of morpholine rings is 1. The average Bonchev–Trinajstić information content (AvgIpc) is 3.05. The first-order valence-electron chi connectivity index (χ1n) is 7.30. The van der Waals surface area contributed by atoms with Gasteiger partial charge in [-0.2, -0.15) is 0 Å². The van der Waals surface area contributed by atoms with E-state index in [0.29, 0.717) is 0 Å². The zero-order valence-electron chi connectivity index (χ0n) is 12.5. The van der Waals surface area contributed by atoms with Crippen molar-refractivity contribution in [1.82, 2.24) is 14.7 Å². The number of rotatable bonds is 6. The van der Waals surface area contributed by atoms with Crippen LogP contribution in [0.5, 0.6) is 0 Å². The van der Waals surface area contributed by atoms with Gasteiger partial charge >= 0.3 is 0 Å². The third-order valence-electron chi connectivity index (χ3n) is 3.66. The maximum absolute atomic E-state index is 5.63. The highest BCUT2D eigenvalue weighted by Crippen LogP contribution is 2.26. The van der Waals surface area contributed by atoms with Gasteiger partial charge in [-0.1, -0.05) is 0 Å². The predicted octanol–water partition coefficient (Wildman–Crippen LogP) is 1.36. The van der Waals surface area contributed by atoms with Crippen LogP contribution in [0.1, 0.15) is 12.6 Å². The fraction of sp³-hybridized carbons (Fsp3) is 0.643. The summed E-state index contributed by atoms with van der Waals surface area (Å²) in [5.41, 5.74) is 1.22. The number of aromatic nitrogens is 2. The van der Waals surface area contributed by atoms with E-state index in [-0.39, 0.29) is 6.10 Å². The van der Waals surface area contributed by atoms with Crippen molar-refractivity contribution < 1.29 is 9.47 Å². The maximum Gasteiger partial charge on any atom is 0.195 e. The summed E-state index contributed by atoms with van der Waals surface area (Å²) in [6, 6.07) is 0. The second-order valence-corrected chi connectivity index (χ2v) is 6.11. The zero-order valence-corrected chi connectivity index (χ0v) is 13.4. The quantitative estimate of drug-likeness (QED) is 0.817. The highest BCUT2D eigenvalue weighted by Gasteiger charge is 2.23. The molecule has 7 heteroatoms. The molecule has 1 aliphatic rings. The molecule has 0 radical (unpaired) electrons. The number of methoxy groups -OCH3 is 1. The van der Waals surface area contributed by atoms with Crippen molar-refractivity contribution in [2.24, 2.45) is 0 Å². The van der Waals surface area contributed by atoms with Gasteiger partial charge in [-0.15, -0.1) is 11.3 Å². The molecule has 1 N–H and O–H groups in total. The van der Waals surface area contributed by atoms with Gasteiger partial charge in [-0.05, 0) is 6.92 Å². The van der Waals surface area contributed by atoms with Gasteiger partial charge in [0.1, 0.15) is 0 Å². The third kappa shape index (κ3) is 3.21. The highest BCUT2D eigenvalue weighted by atomic mass is 32.1. The van der Waals surface area contributed by atoms with Gasteiger partial charge in [0.15, 0.2) is 10.8 Å². The monoisotopic (exact) mass is 310 g/mol. The topological polar surface area (TPSA) is 51.0 Å². The predicted molar refractivity (Wildman–Crippen MR) is 84.3 cm³/mol. The molecular formula is C14H22N4O2S. The van der Waals surface area contributed by atoms with Crippen LogP contribution in [0.2, 0.25) is 0 Å². The third-order valence-corrected chi connectivity index (χ3v) is 4.41. The molecule has 21 heavy (non-hydrogen) atoms. The Labute approximate surface area is 128 Å². The maximum atomic E-state index is 5.63. The first kappa shape index (κ1) is 14.8. The van der Waals surface area contributed by atoms with Gasteiger partial charge in [-0.25, -0.2) is 4.98 Å². The van der Waals surface area contributed by atoms with Crippen molar-refractivity contribution in [3.05, 3.63) is 17.3 Å². The van der Waals surface area contributed by atoms with Gasteiger partial charge in [0.05, 0.1) is 25.0 Å². The molecule has 2 aromatic heterocycles. The Kier molecular flexibility index (Phi) is 4.74. The Morgan fingerprint density at radius 2 is 2.48 bits per heavy atom. The number of imidazole rings is 1. The summed E-state index contributed by atoms with van der Waals surface area (Å²) in [6.07, 6.45) is 2.35. The van der Waals surface area contributed by atoms with E-state index in [0.717, 1.165) is 50.2 Å². The van der Waals surface area contributed by atoms with E-state index in [4.69, 9.17) is 14.5 Å². The van der Waals surface area contributed by atoms with Crippen LogP contribution in [-0.2, 0) is 16.0 Å². The van der Waals surface area contributed by atoms with Crippen LogP contribution < -0.4 is 10.2 Å². The Balaban J connectivity index is 1.81. The Morgan fingerprint density at radius 3 is 3.29 bits per heavy atom. The summed E-state index contributed by atoms with van der Waals surface area (Å²) in [4.78, 5) is 8.19. The van der Waals surface area contributed by atoms with Crippen molar-refractivity contribution in [3.8, 4) is 0 Å². The number of ether oxygens (including phenoxy) is 2. The molecule has 0 saturated carbocycles. The van der Waals surface area contributed by atoms with Gasteiger partial charge in [0.25, 0.3) is 0 Å². The smallest absolute Gasteiger partial charge is 0.195 e. The zero-order chi connectivity index (χ0) is 14.7. The molecule has 1 fully saturated rings. The molecule has 2 aromatic rings. The largest absolute Gasteiger partial charge is 0.383 e. The highest BCUT2D eigenvalue weighted by molar-refractivity contribution is 7.15. The molecule has 0 spiro atoms. The second-order valence-electron chi connectivity index (χ2n) is 5.23. The van der Waals surface area contributed by atoms with Crippen LogP contribution in [0.3, 0.4) is 0 Å². The first-order valence-corrected chi connectivity index (χ1v) is 8.18. The number of anilines is 1. The molecule has 0 bridgehead atoms. The Morgan fingerprint density at radius 1 is 1.57 bits per heavy atom. The lowest BCUT2D eigenvalue weighted by Crippen LogP contribution is -2.42. The van der Waals surface area contributed by atoms with Crippen LogP contribution in [0.25, 0.3) is 4.96 Å². The summed E-state index contributed by atoms with van der Waals surface area (Å²) in [6.45, 7) is 7.03. The molecule has 1 saturated heterocycles.